The summed E-state index contributed by atoms with van der Waals surface area (Å²) < 4.78 is 5.74. The number of aldehydes is 1. The van der Waals surface area contributed by atoms with Crippen molar-refractivity contribution in [3.05, 3.63) is 71.3 Å². The average Bonchev–Trinajstić information content (AvgIpc) is 2.71. The van der Waals surface area contributed by atoms with E-state index in [0.29, 0.717) is 11.3 Å². The van der Waals surface area contributed by atoms with Gasteiger partial charge in [-0.25, -0.2) is 0 Å². The maximum atomic E-state index is 12.9. The molecule has 146 valence electrons. The van der Waals surface area contributed by atoms with Gasteiger partial charge < -0.3 is 9.64 Å². The Balaban J connectivity index is 1.84. The van der Waals surface area contributed by atoms with Crippen LogP contribution in [-0.2, 0) is 4.79 Å². The molecule has 3 rings (SSSR count). The van der Waals surface area contributed by atoms with Gasteiger partial charge in [0.25, 0.3) is 5.91 Å². The Hall–Kier alpha value is -3.65. The van der Waals surface area contributed by atoms with Crippen LogP contribution < -0.4 is 9.64 Å². The van der Waals surface area contributed by atoms with E-state index < -0.39 is 0 Å². The zero-order chi connectivity index (χ0) is 20.8. The zero-order valence-electron chi connectivity index (χ0n) is 16.5. The first-order valence-electron chi connectivity index (χ1n) is 9.39. The molecule has 1 amide bonds. The fourth-order valence-electron chi connectivity index (χ4n) is 3.41. The molecule has 0 fully saturated rings. The van der Waals surface area contributed by atoms with Gasteiger partial charge in [-0.05, 0) is 53.9 Å². The van der Waals surface area contributed by atoms with Crippen LogP contribution in [0.25, 0.3) is 10.8 Å². The van der Waals surface area contributed by atoms with Gasteiger partial charge in [0.1, 0.15) is 5.75 Å². The molecule has 0 unspecified atom stereocenters. The molecular formula is C24H22N2O3. The minimum Gasteiger partial charge on any atom is -0.483 e. The fraction of sp³-hybridized carbons (Fsp3) is 0.208. The number of amides is 1. The Bertz CT molecular complexity index is 1080. The molecule has 29 heavy (non-hydrogen) atoms. The van der Waals surface area contributed by atoms with Crippen molar-refractivity contribution in [2.45, 2.75) is 20.3 Å². The number of aryl methyl sites for hydroxylation is 2. The number of nitriles is 1. The largest absolute Gasteiger partial charge is 0.483 e. The van der Waals surface area contributed by atoms with Crippen LogP contribution in [0.2, 0.25) is 0 Å². The maximum absolute atomic E-state index is 12.9. The normalized spacial score (nSPS) is 10.4. The summed E-state index contributed by atoms with van der Waals surface area (Å²) >= 11 is 0. The SMILES string of the molecule is Cc1cc(C)cc(N(CCC#N)C(=O)COc2ccc3ccccc3c2C=O)c1. The van der Waals surface area contributed by atoms with E-state index in [9.17, 15) is 9.59 Å². The van der Waals surface area contributed by atoms with Gasteiger partial charge in [0.05, 0.1) is 18.1 Å². The molecule has 0 aliphatic carbocycles. The average molecular weight is 386 g/mol. The summed E-state index contributed by atoms with van der Waals surface area (Å²) in [6, 6.07) is 19.0. The molecule has 0 bridgehead atoms. The molecule has 0 saturated carbocycles. The minimum absolute atomic E-state index is 0.217. The number of anilines is 1. The summed E-state index contributed by atoms with van der Waals surface area (Å²) in [5, 5.41) is 10.7. The van der Waals surface area contributed by atoms with Gasteiger partial charge in [0, 0.05) is 12.2 Å². The number of rotatable bonds is 7. The van der Waals surface area contributed by atoms with Gasteiger partial charge in [-0.2, -0.15) is 5.26 Å². The number of hydrogen-bond donors (Lipinski definition) is 0. The van der Waals surface area contributed by atoms with Crippen molar-refractivity contribution in [2.75, 3.05) is 18.1 Å². The van der Waals surface area contributed by atoms with Gasteiger partial charge in [-0.1, -0.05) is 36.4 Å². The standard InChI is InChI=1S/C24H22N2O3/c1-17-12-18(2)14-20(13-17)26(11-5-10-25)24(28)16-29-23-9-8-19-6-3-4-7-21(19)22(23)15-27/h3-4,6-9,12-15H,5,11,16H2,1-2H3. The second-order valence-electron chi connectivity index (χ2n) is 6.90. The minimum atomic E-state index is -0.268. The number of benzene rings is 3. The van der Waals surface area contributed by atoms with Crippen molar-refractivity contribution in [2.24, 2.45) is 0 Å². The first-order valence-corrected chi connectivity index (χ1v) is 9.39. The number of carbonyl (C=O) groups excluding carboxylic acids is 2. The number of ether oxygens (including phenoxy) is 1. The first kappa shape index (κ1) is 20.1. The van der Waals surface area contributed by atoms with E-state index >= 15 is 0 Å². The maximum Gasteiger partial charge on any atom is 0.264 e. The van der Waals surface area contributed by atoms with Gasteiger partial charge in [-0.3, -0.25) is 9.59 Å². The third-order valence-electron chi connectivity index (χ3n) is 4.67. The molecule has 3 aromatic carbocycles. The lowest BCUT2D eigenvalue weighted by Gasteiger charge is -2.23. The van der Waals surface area contributed by atoms with Gasteiger partial charge in [0.15, 0.2) is 12.9 Å². The molecule has 0 spiro atoms. The Morgan fingerprint density at radius 3 is 2.52 bits per heavy atom. The van der Waals surface area contributed by atoms with Crippen LogP contribution >= 0.6 is 0 Å². The highest BCUT2D eigenvalue weighted by Gasteiger charge is 2.18. The molecule has 3 aromatic rings. The van der Waals surface area contributed by atoms with Gasteiger partial charge in [-0.15, -0.1) is 0 Å². The highest BCUT2D eigenvalue weighted by atomic mass is 16.5. The second kappa shape index (κ2) is 9.03. The van der Waals surface area contributed by atoms with Crippen molar-refractivity contribution >= 4 is 28.7 Å². The first-order chi connectivity index (χ1) is 14.0. The van der Waals surface area contributed by atoms with Crippen LogP contribution in [0, 0.1) is 25.2 Å². The molecule has 5 heteroatoms. The van der Waals surface area contributed by atoms with Crippen LogP contribution in [-0.4, -0.2) is 25.3 Å². The van der Waals surface area contributed by atoms with E-state index in [-0.39, 0.29) is 25.5 Å². The summed E-state index contributed by atoms with van der Waals surface area (Å²) in [4.78, 5) is 26.1. The summed E-state index contributed by atoms with van der Waals surface area (Å²) in [5.41, 5.74) is 3.23. The molecule has 0 aliphatic rings. The van der Waals surface area contributed by atoms with E-state index in [1.165, 1.54) is 0 Å². The van der Waals surface area contributed by atoms with E-state index in [2.05, 4.69) is 6.07 Å². The highest BCUT2D eigenvalue weighted by Crippen LogP contribution is 2.27. The van der Waals surface area contributed by atoms with Gasteiger partial charge in [0.2, 0.25) is 0 Å². The molecule has 0 saturated heterocycles. The van der Waals surface area contributed by atoms with E-state index in [4.69, 9.17) is 10.00 Å². The van der Waals surface area contributed by atoms with Crippen LogP contribution in [0.3, 0.4) is 0 Å². The molecule has 0 aliphatic heterocycles. The Morgan fingerprint density at radius 2 is 1.83 bits per heavy atom. The van der Waals surface area contributed by atoms with E-state index in [1.54, 1.807) is 11.0 Å². The number of fused-ring (bicyclic) bond motifs is 1. The summed E-state index contributed by atoms with van der Waals surface area (Å²) in [6.07, 6.45) is 0.966. The predicted octanol–water partition coefficient (Wildman–Crippen LogP) is 4.59. The fourth-order valence-corrected chi connectivity index (χ4v) is 3.41. The monoisotopic (exact) mass is 386 g/mol. The lowest BCUT2D eigenvalue weighted by atomic mass is 10.0. The Labute approximate surface area is 170 Å². The van der Waals surface area contributed by atoms with E-state index in [0.717, 1.165) is 33.9 Å². The Kier molecular flexibility index (Phi) is 6.25. The molecule has 5 nitrogen and oxygen atoms in total. The highest BCUT2D eigenvalue weighted by molar-refractivity contribution is 6.01. The molecule has 0 aromatic heterocycles. The zero-order valence-corrected chi connectivity index (χ0v) is 16.5. The van der Waals surface area contributed by atoms with Crippen LogP contribution in [0.15, 0.2) is 54.6 Å². The van der Waals surface area contributed by atoms with Crippen molar-refractivity contribution in [3.63, 3.8) is 0 Å². The quantitative estimate of drug-likeness (QED) is 0.557. The summed E-state index contributed by atoms with van der Waals surface area (Å²) in [6.45, 7) is 3.98. The summed E-state index contributed by atoms with van der Waals surface area (Å²) in [7, 11) is 0. The third kappa shape index (κ3) is 4.61. The third-order valence-corrected chi connectivity index (χ3v) is 4.67. The van der Waals surface area contributed by atoms with Crippen molar-refractivity contribution in [1.82, 2.24) is 0 Å². The van der Waals surface area contributed by atoms with Crippen LogP contribution in [0.1, 0.15) is 27.9 Å². The molecule has 0 radical (unpaired) electrons. The summed E-state index contributed by atoms with van der Waals surface area (Å²) in [5.74, 6) is 0.1000. The lowest BCUT2D eigenvalue weighted by Crippen LogP contribution is -2.36. The van der Waals surface area contributed by atoms with Crippen LogP contribution in [0.5, 0.6) is 5.75 Å². The second-order valence-corrected chi connectivity index (χ2v) is 6.90. The molecule has 0 N–H and O–H groups in total. The van der Waals surface area contributed by atoms with Crippen molar-refractivity contribution < 1.29 is 14.3 Å². The Morgan fingerprint density at radius 1 is 1.10 bits per heavy atom. The van der Waals surface area contributed by atoms with Crippen molar-refractivity contribution in [1.29, 1.82) is 5.26 Å². The number of carbonyl (C=O) groups is 2. The number of nitrogens with zero attached hydrogens (tertiary/aromatic N) is 2. The molecular weight excluding hydrogens is 364 g/mol. The smallest absolute Gasteiger partial charge is 0.264 e. The van der Waals surface area contributed by atoms with Crippen LogP contribution in [0.4, 0.5) is 5.69 Å². The molecule has 0 atom stereocenters. The predicted molar refractivity (Wildman–Crippen MR) is 113 cm³/mol. The topological polar surface area (TPSA) is 70.4 Å². The molecule has 0 heterocycles. The van der Waals surface area contributed by atoms with E-state index in [1.807, 2.05) is 62.4 Å². The van der Waals surface area contributed by atoms with Gasteiger partial charge >= 0.3 is 0 Å². The lowest BCUT2D eigenvalue weighted by molar-refractivity contribution is -0.120. The van der Waals surface area contributed by atoms with Crippen molar-refractivity contribution in [3.8, 4) is 11.8 Å². The number of hydrogen-bond acceptors (Lipinski definition) is 4.